The Morgan fingerprint density at radius 3 is 2.47 bits per heavy atom. The fraction of sp³-hybridized carbons (Fsp3) is 0.185. The van der Waals surface area contributed by atoms with Crippen LogP contribution in [-0.4, -0.2) is 39.5 Å². The number of aryl methyl sites for hydroxylation is 1. The fourth-order valence-corrected chi connectivity index (χ4v) is 4.45. The summed E-state index contributed by atoms with van der Waals surface area (Å²) in [5.74, 6) is 0.746. The molecule has 0 unspecified atom stereocenters. The predicted molar refractivity (Wildman–Crippen MR) is 138 cm³/mol. The summed E-state index contributed by atoms with van der Waals surface area (Å²) in [4.78, 5) is 8.75. The van der Waals surface area contributed by atoms with Crippen molar-refractivity contribution in [1.82, 2.24) is 9.97 Å². The molecule has 2 aromatic carbocycles. The van der Waals surface area contributed by atoms with E-state index in [2.05, 4.69) is 16.0 Å². The fourth-order valence-electron chi connectivity index (χ4n) is 3.58. The molecule has 0 radical (unpaired) electrons. The number of oxazole rings is 1. The maximum atomic E-state index is 13.6. The summed E-state index contributed by atoms with van der Waals surface area (Å²) < 4.78 is 24.6. The van der Waals surface area contributed by atoms with Crippen LogP contribution in [0.2, 0.25) is 0 Å². The van der Waals surface area contributed by atoms with E-state index in [1.54, 1.807) is 43.3 Å². The van der Waals surface area contributed by atoms with Crippen LogP contribution < -0.4 is 10.5 Å². The van der Waals surface area contributed by atoms with Crippen LogP contribution in [0.5, 0.6) is 5.75 Å². The highest BCUT2D eigenvalue weighted by atomic mass is 32.2. The van der Waals surface area contributed by atoms with Gasteiger partial charge in [0.1, 0.15) is 59.1 Å². The van der Waals surface area contributed by atoms with Crippen molar-refractivity contribution >= 4 is 17.6 Å². The lowest BCUT2D eigenvalue weighted by molar-refractivity contribution is 0.0536. The number of hydrogen-bond donors (Lipinski definition) is 3. The van der Waals surface area contributed by atoms with Crippen molar-refractivity contribution in [1.29, 1.82) is 10.5 Å². The summed E-state index contributed by atoms with van der Waals surface area (Å²) in [6.07, 6.45) is 0.471. The number of benzene rings is 2. The number of ether oxygens (including phenoxy) is 1. The van der Waals surface area contributed by atoms with E-state index in [0.29, 0.717) is 50.4 Å². The molecule has 4 rings (SSSR count). The molecule has 38 heavy (non-hydrogen) atoms. The van der Waals surface area contributed by atoms with Gasteiger partial charge in [-0.3, -0.25) is 0 Å². The number of halogens is 1. The predicted octanol–water partition coefficient (Wildman–Crippen LogP) is 4.20. The first kappa shape index (κ1) is 26.6. The Morgan fingerprint density at radius 1 is 1.11 bits per heavy atom. The van der Waals surface area contributed by atoms with Crippen LogP contribution in [0.25, 0.3) is 22.6 Å². The van der Waals surface area contributed by atoms with Crippen molar-refractivity contribution in [2.45, 2.75) is 23.8 Å². The molecule has 0 bridgehead atoms. The molecule has 2 heterocycles. The van der Waals surface area contributed by atoms with Gasteiger partial charge in [0.15, 0.2) is 0 Å². The minimum Gasteiger partial charge on any atom is -0.491 e. The van der Waals surface area contributed by atoms with Gasteiger partial charge in [0.05, 0.1) is 17.9 Å². The lowest BCUT2D eigenvalue weighted by Gasteiger charge is -2.14. The molecule has 0 aliphatic carbocycles. The lowest BCUT2D eigenvalue weighted by atomic mass is 9.97. The second-order valence-electron chi connectivity index (χ2n) is 8.22. The van der Waals surface area contributed by atoms with Crippen LogP contribution in [0.3, 0.4) is 0 Å². The molecule has 192 valence electrons. The highest BCUT2D eigenvalue weighted by Gasteiger charge is 2.21. The van der Waals surface area contributed by atoms with E-state index < -0.39 is 12.7 Å². The highest BCUT2D eigenvalue weighted by Crippen LogP contribution is 2.37. The van der Waals surface area contributed by atoms with Gasteiger partial charge in [-0.2, -0.15) is 10.5 Å². The molecule has 9 nitrogen and oxygen atoms in total. The summed E-state index contributed by atoms with van der Waals surface area (Å²) in [7, 11) is 0. The number of aromatic nitrogens is 2. The van der Waals surface area contributed by atoms with E-state index in [0.717, 1.165) is 0 Å². The van der Waals surface area contributed by atoms with E-state index in [-0.39, 0.29) is 29.4 Å². The van der Waals surface area contributed by atoms with Crippen molar-refractivity contribution in [3.8, 4) is 40.5 Å². The summed E-state index contributed by atoms with van der Waals surface area (Å²) in [6.45, 7) is 1.15. The Kier molecular flexibility index (Phi) is 8.24. The van der Waals surface area contributed by atoms with Crippen LogP contribution >= 0.6 is 11.8 Å². The van der Waals surface area contributed by atoms with Crippen molar-refractivity contribution in [2.24, 2.45) is 0 Å². The van der Waals surface area contributed by atoms with Crippen LogP contribution in [-0.2, 0) is 5.75 Å². The minimum absolute atomic E-state index is 0.0157. The zero-order valence-electron chi connectivity index (χ0n) is 20.2. The highest BCUT2D eigenvalue weighted by molar-refractivity contribution is 7.98. The van der Waals surface area contributed by atoms with Gasteiger partial charge >= 0.3 is 0 Å². The largest absolute Gasteiger partial charge is 0.491 e. The summed E-state index contributed by atoms with van der Waals surface area (Å²) in [5.41, 5.74) is 8.94. The molecular formula is C27H22FN5O4S. The number of nitrogen functional groups attached to an aromatic ring is 1. The number of pyridine rings is 1. The van der Waals surface area contributed by atoms with Crippen molar-refractivity contribution in [3.05, 3.63) is 76.9 Å². The Bertz CT molecular complexity index is 1540. The molecule has 11 heteroatoms. The van der Waals surface area contributed by atoms with Crippen molar-refractivity contribution in [2.75, 3.05) is 18.9 Å². The number of aliphatic hydroxyl groups is 2. The number of nitriles is 2. The summed E-state index contributed by atoms with van der Waals surface area (Å²) in [6, 6.07) is 15.3. The number of rotatable bonds is 9. The molecule has 0 amide bonds. The summed E-state index contributed by atoms with van der Waals surface area (Å²) >= 11 is 1.22. The zero-order valence-corrected chi connectivity index (χ0v) is 21.0. The van der Waals surface area contributed by atoms with E-state index in [9.17, 15) is 20.0 Å². The topological polar surface area (TPSA) is 162 Å². The van der Waals surface area contributed by atoms with E-state index in [4.69, 9.17) is 20.0 Å². The minimum atomic E-state index is -1.01. The quantitative estimate of drug-likeness (QED) is 0.267. The van der Waals surface area contributed by atoms with Gasteiger partial charge in [0.2, 0.25) is 5.89 Å². The average molecular weight is 532 g/mol. The Hall–Kier alpha value is -4.42. The molecule has 0 spiro atoms. The van der Waals surface area contributed by atoms with Crippen molar-refractivity contribution in [3.63, 3.8) is 0 Å². The second kappa shape index (κ2) is 11.8. The average Bonchev–Trinajstić information content (AvgIpc) is 3.41. The monoisotopic (exact) mass is 531 g/mol. The molecule has 0 saturated heterocycles. The van der Waals surface area contributed by atoms with E-state index in [1.165, 1.54) is 24.1 Å². The first-order valence-electron chi connectivity index (χ1n) is 11.3. The summed E-state index contributed by atoms with van der Waals surface area (Å²) in [5, 5.41) is 38.5. The molecule has 0 aliphatic rings. The maximum absolute atomic E-state index is 13.6. The van der Waals surface area contributed by atoms with Crippen LogP contribution in [0.1, 0.15) is 22.4 Å². The Balaban J connectivity index is 1.60. The van der Waals surface area contributed by atoms with Crippen LogP contribution in [0.15, 0.2) is 58.2 Å². The standard InChI is InChI=1S/C27H22FN5O4S/c1-15-8-17(4-7-23(15)28)26-32-18(12-37-26)14-38-27-22(10-30)24(21(9-29)25(31)33-27)16-2-5-20(6-3-16)36-13-19(35)11-34/h2-8,12,19,34-35H,11,13-14H2,1H3,(H2,31,33)/t19-/m0/s1. The third kappa shape index (κ3) is 5.76. The van der Waals surface area contributed by atoms with Gasteiger partial charge in [-0.05, 0) is 48.4 Å². The number of hydrogen-bond acceptors (Lipinski definition) is 10. The zero-order chi connectivity index (χ0) is 27.2. The maximum Gasteiger partial charge on any atom is 0.226 e. The number of anilines is 1. The normalized spacial score (nSPS) is 11.5. The molecule has 0 aliphatic heterocycles. The first-order chi connectivity index (χ1) is 18.3. The third-order valence-corrected chi connectivity index (χ3v) is 6.53. The first-order valence-corrected chi connectivity index (χ1v) is 12.3. The van der Waals surface area contributed by atoms with Crippen LogP contribution in [0.4, 0.5) is 10.2 Å². The number of nitrogens with zero attached hydrogens (tertiary/aromatic N) is 4. The van der Waals surface area contributed by atoms with Gasteiger partial charge < -0.3 is 25.1 Å². The molecular weight excluding hydrogens is 509 g/mol. The molecule has 4 N–H and O–H groups in total. The Morgan fingerprint density at radius 2 is 1.82 bits per heavy atom. The van der Waals surface area contributed by atoms with Gasteiger partial charge in [-0.25, -0.2) is 14.4 Å². The van der Waals surface area contributed by atoms with Gasteiger partial charge in [0.25, 0.3) is 0 Å². The molecule has 0 saturated carbocycles. The van der Waals surface area contributed by atoms with E-state index >= 15 is 0 Å². The molecule has 0 fully saturated rings. The lowest BCUT2D eigenvalue weighted by Crippen LogP contribution is -2.21. The molecule has 1 atom stereocenters. The smallest absolute Gasteiger partial charge is 0.226 e. The van der Waals surface area contributed by atoms with Crippen molar-refractivity contribution < 1.29 is 23.8 Å². The van der Waals surface area contributed by atoms with Gasteiger partial charge in [-0.1, -0.05) is 23.9 Å². The second-order valence-corrected chi connectivity index (χ2v) is 9.18. The van der Waals surface area contributed by atoms with Gasteiger partial charge in [-0.15, -0.1) is 0 Å². The molecule has 4 aromatic rings. The number of aliphatic hydroxyl groups excluding tert-OH is 2. The number of thioether (sulfide) groups is 1. The Labute approximate surface area is 222 Å². The number of nitrogens with two attached hydrogens (primary N) is 1. The van der Waals surface area contributed by atoms with Crippen LogP contribution in [0, 0.1) is 35.4 Å². The third-order valence-electron chi connectivity index (χ3n) is 5.53. The molecule has 2 aromatic heterocycles. The van der Waals surface area contributed by atoms with E-state index in [1.807, 2.05) is 6.07 Å². The SMILES string of the molecule is Cc1cc(-c2nc(CSc3nc(N)c(C#N)c(-c4ccc(OC[C@@H](O)CO)cc4)c3C#N)co2)ccc1F. The van der Waals surface area contributed by atoms with Gasteiger partial charge in [0, 0.05) is 16.9 Å².